The van der Waals surface area contributed by atoms with Crippen molar-refractivity contribution in [2.75, 3.05) is 28.7 Å². The van der Waals surface area contributed by atoms with Gasteiger partial charge in [0.1, 0.15) is 22.4 Å². The molecule has 190 valence electrons. The highest BCUT2D eigenvalue weighted by Gasteiger charge is 2.48. The molecule has 3 heterocycles. The Balaban J connectivity index is 1.72. The lowest BCUT2D eigenvalue weighted by Crippen LogP contribution is -2.40. The molecule has 4 rings (SSSR count). The number of aliphatic hydroxyl groups excluding tert-OH is 2. The zero-order valence-corrected chi connectivity index (χ0v) is 22.4. The van der Waals surface area contributed by atoms with Crippen LogP contribution in [-0.2, 0) is 0 Å². The van der Waals surface area contributed by atoms with Crippen LogP contribution < -0.4 is 10.6 Å². The van der Waals surface area contributed by atoms with Crippen LogP contribution in [0.4, 0.5) is 11.8 Å². The molecule has 9 nitrogen and oxygen atoms in total. The minimum absolute atomic E-state index is 0.396. The normalized spacial score (nSPS) is 22.6. The molecule has 4 atom stereocenters. The van der Waals surface area contributed by atoms with E-state index in [-0.39, 0.29) is 0 Å². The fourth-order valence-corrected chi connectivity index (χ4v) is 6.18. The van der Waals surface area contributed by atoms with Gasteiger partial charge >= 0.3 is 0 Å². The molecular formula is C24H34N6O3S2. The highest BCUT2D eigenvalue weighted by molar-refractivity contribution is 7.99. The lowest BCUT2D eigenvalue weighted by Gasteiger charge is -2.28. The Morgan fingerprint density at radius 2 is 1.91 bits per heavy atom. The number of aliphatic hydroxyl groups is 3. The van der Waals surface area contributed by atoms with Crippen molar-refractivity contribution in [2.45, 2.75) is 64.9 Å². The number of nitrogens with one attached hydrogen (secondary N) is 2. The largest absolute Gasteiger partial charge is 0.390 e. The van der Waals surface area contributed by atoms with E-state index in [0.29, 0.717) is 18.2 Å². The van der Waals surface area contributed by atoms with Crippen LogP contribution in [0.3, 0.4) is 0 Å². The van der Waals surface area contributed by atoms with Gasteiger partial charge in [0.05, 0.1) is 39.4 Å². The van der Waals surface area contributed by atoms with Crippen LogP contribution in [0.15, 0.2) is 12.3 Å². The SMILES string of the molecule is CCSCCNc1nc(C)c(-c2nc3c(C)nccc3s2)c(NC2C[C@H](C(C)(C)O)[C@@H](O)[C@H]2O)n1. The predicted molar refractivity (Wildman–Crippen MR) is 143 cm³/mol. The number of aromatic nitrogens is 4. The van der Waals surface area contributed by atoms with Crippen molar-refractivity contribution in [1.29, 1.82) is 0 Å². The van der Waals surface area contributed by atoms with Crippen molar-refractivity contribution in [3.8, 4) is 10.6 Å². The van der Waals surface area contributed by atoms with Gasteiger partial charge < -0.3 is 26.0 Å². The Labute approximate surface area is 213 Å². The molecule has 0 aliphatic heterocycles. The summed E-state index contributed by atoms with van der Waals surface area (Å²) in [7, 11) is 0. The fourth-order valence-electron chi connectivity index (χ4n) is 4.54. The summed E-state index contributed by atoms with van der Waals surface area (Å²) in [5.41, 5.74) is 2.09. The third kappa shape index (κ3) is 5.54. The summed E-state index contributed by atoms with van der Waals surface area (Å²) in [6, 6.07) is 1.45. The number of pyridine rings is 1. The van der Waals surface area contributed by atoms with Gasteiger partial charge in [0.25, 0.3) is 0 Å². The molecule has 0 amide bonds. The molecule has 1 saturated carbocycles. The molecule has 3 aromatic heterocycles. The van der Waals surface area contributed by atoms with Crippen molar-refractivity contribution in [3.63, 3.8) is 0 Å². The van der Waals surface area contributed by atoms with Gasteiger partial charge in [0.15, 0.2) is 0 Å². The summed E-state index contributed by atoms with van der Waals surface area (Å²) in [4.78, 5) is 18.7. The van der Waals surface area contributed by atoms with E-state index in [9.17, 15) is 15.3 Å². The van der Waals surface area contributed by atoms with Crippen molar-refractivity contribution in [3.05, 3.63) is 23.7 Å². The Bertz CT molecular complexity index is 1180. The molecule has 1 unspecified atom stereocenters. The second kappa shape index (κ2) is 10.5. The van der Waals surface area contributed by atoms with Crippen LogP contribution in [0, 0.1) is 19.8 Å². The molecule has 0 radical (unpaired) electrons. The molecule has 1 aliphatic carbocycles. The lowest BCUT2D eigenvalue weighted by molar-refractivity contribution is -0.0601. The summed E-state index contributed by atoms with van der Waals surface area (Å²) in [6.07, 6.45) is 0.0799. The van der Waals surface area contributed by atoms with Gasteiger partial charge in [-0.05, 0) is 45.9 Å². The first-order valence-corrected chi connectivity index (χ1v) is 13.8. The molecule has 0 saturated heterocycles. The summed E-state index contributed by atoms with van der Waals surface area (Å²) in [5.74, 6) is 2.55. The lowest BCUT2D eigenvalue weighted by atomic mass is 9.88. The van der Waals surface area contributed by atoms with E-state index in [1.54, 1.807) is 31.4 Å². The summed E-state index contributed by atoms with van der Waals surface area (Å²) in [5, 5.41) is 39.3. The molecular weight excluding hydrogens is 484 g/mol. The second-order valence-corrected chi connectivity index (χ2v) is 11.9. The third-order valence-corrected chi connectivity index (χ3v) is 8.38. The van der Waals surface area contributed by atoms with Gasteiger partial charge in [-0.15, -0.1) is 11.3 Å². The molecule has 1 aliphatic rings. The molecule has 35 heavy (non-hydrogen) atoms. The smallest absolute Gasteiger partial charge is 0.224 e. The molecule has 3 aromatic rings. The number of thioether (sulfide) groups is 1. The maximum Gasteiger partial charge on any atom is 0.224 e. The van der Waals surface area contributed by atoms with Gasteiger partial charge in [0.2, 0.25) is 5.95 Å². The number of thiazole rings is 1. The minimum atomic E-state index is -1.12. The van der Waals surface area contributed by atoms with Crippen molar-refractivity contribution < 1.29 is 15.3 Å². The highest BCUT2D eigenvalue weighted by Crippen LogP contribution is 2.40. The van der Waals surface area contributed by atoms with Crippen molar-refractivity contribution in [2.24, 2.45) is 5.92 Å². The van der Waals surface area contributed by atoms with E-state index >= 15 is 0 Å². The van der Waals surface area contributed by atoms with Crippen LogP contribution >= 0.6 is 23.1 Å². The minimum Gasteiger partial charge on any atom is -0.390 e. The van der Waals surface area contributed by atoms with Crippen LogP contribution in [0.1, 0.15) is 38.6 Å². The average molecular weight is 519 g/mol. The first-order chi connectivity index (χ1) is 16.6. The van der Waals surface area contributed by atoms with E-state index in [1.807, 2.05) is 31.7 Å². The Morgan fingerprint density at radius 3 is 2.57 bits per heavy atom. The van der Waals surface area contributed by atoms with Crippen molar-refractivity contribution >= 4 is 45.1 Å². The molecule has 0 spiro atoms. The number of nitrogens with zero attached hydrogens (tertiary/aromatic N) is 4. The second-order valence-electron chi connectivity index (χ2n) is 9.47. The van der Waals surface area contributed by atoms with E-state index < -0.39 is 29.8 Å². The summed E-state index contributed by atoms with van der Waals surface area (Å²) < 4.78 is 1.02. The van der Waals surface area contributed by atoms with Crippen LogP contribution in [0.25, 0.3) is 20.8 Å². The van der Waals surface area contributed by atoms with Gasteiger partial charge in [-0.1, -0.05) is 6.92 Å². The Hall–Kier alpha value is -2.05. The van der Waals surface area contributed by atoms with E-state index in [4.69, 9.17) is 15.0 Å². The molecule has 11 heteroatoms. The summed E-state index contributed by atoms with van der Waals surface area (Å²) in [6.45, 7) is 10.0. The molecule has 1 fully saturated rings. The Morgan fingerprint density at radius 1 is 1.14 bits per heavy atom. The first-order valence-electron chi connectivity index (χ1n) is 11.9. The van der Waals surface area contributed by atoms with Crippen LogP contribution in [-0.4, -0.2) is 77.2 Å². The molecule has 0 aromatic carbocycles. The number of hydrogen-bond donors (Lipinski definition) is 5. The maximum absolute atomic E-state index is 10.8. The van der Waals surface area contributed by atoms with Crippen LogP contribution in [0.2, 0.25) is 0 Å². The number of rotatable bonds is 9. The van der Waals surface area contributed by atoms with Crippen LogP contribution in [0.5, 0.6) is 0 Å². The topological polar surface area (TPSA) is 136 Å². The van der Waals surface area contributed by atoms with Gasteiger partial charge in [-0.2, -0.15) is 16.7 Å². The maximum atomic E-state index is 10.8. The average Bonchev–Trinajstić information content (AvgIpc) is 3.34. The number of anilines is 2. The Kier molecular flexibility index (Phi) is 7.82. The standard InChI is InChI=1S/C24H34N6O3S2/c1-6-34-10-9-26-23-27-12(2)17(22-29-18-13(3)25-8-7-16(18)35-22)21(30-23)28-15-11-14(24(4,5)33)19(31)20(15)32/h7-8,14-15,19-20,31-33H,6,9-11H2,1-5H3,(H2,26,27,28,30)/t14-,15?,19+,20-/m0/s1. The zero-order valence-electron chi connectivity index (χ0n) is 20.7. The van der Waals surface area contributed by atoms with Gasteiger partial charge in [-0.3, -0.25) is 4.98 Å². The number of hydrogen-bond acceptors (Lipinski definition) is 11. The molecule has 0 bridgehead atoms. The predicted octanol–water partition coefficient (Wildman–Crippen LogP) is 3.22. The van der Waals surface area contributed by atoms with E-state index in [1.165, 1.54) is 0 Å². The van der Waals surface area contributed by atoms with Gasteiger partial charge in [-0.25, -0.2) is 9.97 Å². The van der Waals surface area contributed by atoms with Gasteiger partial charge in [0, 0.05) is 24.4 Å². The zero-order chi connectivity index (χ0) is 25.3. The number of fused-ring (bicyclic) bond motifs is 1. The fraction of sp³-hybridized carbons (Fsp3) is 0.583. The summed E-state index contributed by atoms with van der Waals surface area (Å²) >= 11 is 3.38. The molecule has 5 N–H and O–H groups in total. The monoisotopic (exact) mass is 518 g/mol. The third-order valence-electron chi connectivity index (χ3n) is 6.44. The van der Waals surface area contributed by atoms with E-state index in [0.717, 1.165) is 50.2 Å². The van der Waals surface area contributed by atoms with Crippen molar-refractivity contribution in [1.82, 2.24) is 19.9 Å². The number of aryl methyl sites for hydroxylation is 2. The van der Waals surface area contributed by atoms with E-state index in [2.05, 4.69) is 22.5 Å². The first kappa shape index (κ1) is 26.0. The quantitative estimate of drug-likeness (QED) is 0.269. The highest BCUT2D eigenvalue weighted by atomic mass is 32.2.